The van der Waals surface area contributed by atoms with Crippen LogP contribution in [-0.2, 0) is 14.3 Å². The van der Waals surface area contributed by atoms with E-state index in [4.69, 9.17) is 9.84 Å². The van der Waals surface area contributed by atoms with Gasteiger partial charge >= 0.3 is 5.97 Å². The molecule has 0 aromatic heterocycles. The molecule has 96 valence electrons. The number of rotatable bonds is 5. The van der Waals surface area contributed by atoms with E-state index in [0.717, 1.165) is 32.8 Å². The Labute approximate surface area is 99.9 Å². The van der Waals surface area contributed by atoms with Crippen LogP contribution < -0.4 is 5.32 Å². The first-order valence-electron chi connectivity index (χ1n) is 5.97. The van der Waals surface area contributed by atoms with E-state index in [1.807, 2.05) is 0 Å². The van der Waals surface area contributed by atoms with Crippen molar-refractivity contribution in [1.29, 1.82) is 0 Å². The summed E-state index contributed by atoms with van der Waals surface area (Å²) in [6.07, 6.45) is 0.928. The number of morpholine rings is 1. The number of nitrogens with one attached hydrogen (secondary N) is 1. The zero-order chi connectivity index (χ0) is 12.3. The van der Waals surface area contributed by atoms with Crippen molar-refractivity contribution in [3.63, 3.8) is 0 Å². The van der Waals surface area contributed by atoms with Crippen LogP contribution in [0.5, 0.6) is 0 Å². The summed E-state index contributed by atoms with van der Waals surface area (Å²) in [6.45, 7) is 4.47. The molecule has 1 aliphatic carbocycles. The summed E-state index contributed by atoms with van der Waals surface area (Å²) in [5, 5.41) is 11.6. The zero-order valence-electron chi connectivity index (χ0n) is 9.78. The molecule has 2 aliphatic rings. The van der Waals surface area contributed by atoms with Gasteiger partial charge in [0, 0.05) is 26.2 Å². The van der Waals surface area contributed by atoms with Gasteiger partial charge in [0.25, 0.3) is 0 Å². The Morgan fingerprint density at radius 1 is 1.29 bits per heavy atom. The Kier molecular flexibility index (Phi) is 3.63. The fraction of sp³-hybridized carbons (Fsp3) is 0.818. The van der Waals surface area contributed by atoms with Crippen LogP contribution >= 0.6 is 0 Å². The van der Waals surface area contributed by atoms with E-state index in [0.29, 0.717) is 19.4 Å². The summed E-state index contributed by atoms with van der Waals surface area (Å²) in [7, 11) is 0. The number of hydrogen-bond donors (Lipinski definition) is 2. The second-order valence-corrected chi connectivity index (χ2v) is 4.60. The van der Waals surface area contributed by atoms with E-state index in [9.17, 15) is 9.59 Å². The third-order valence-electron chi connectivity index (χ3n) is 3.41. The van der Waals surface area contributed by atoms with Crippen molar-refractivity contribution in [2.45, 2.75) is 12.8 Å². The van der Waals surface area contributed by atoms with Gasteiger partial charge in [-0.2, -0.15) is 0 Å². The zero-order valence-corrected chi connectivity index (χ0v) is 9.78. The van der Waals surface area contributed by atoms with Crippen LogP contribution in [0.2, 0.25) is 0 Å². The molecule has 0 aromatic carbocycles. The average Bonchev–Trinajstić information content (AvgIpc) is 3.11. The van der Waals surface area contributed by atoms with Gasteiger partial charge in [0.2, 0.25) is 5.91 Å². The molecule has 1 amide bonds. The molecule has 1 saturated heterocycles. The first kappa shape index (κ1) is 12.3. The summed E-state index contributed by atoms with van der Waals surface area (Å²) in [5.74, 6) is -1.33. The molecule has 0 bridgehead atoms. The molecule has 2 N–H and O–H groups in total. The van der Waals surface area contributed by atoms with Crippen molar-refractivity contribution in [3.8, 4) is 0 Å². The summed E-state index contributed by atoms with van der Waals surface area (Å²) < 4.78 is 5.22. The van der Waals surface area contributed by atoms with Gasteiger partial charge in [-0.3, -0.25) is 14.5 Å². The van der Waals surface area contributed by atoms with Gasteiger partial charge in [-0.15, -0.1) is 0 Å². The average molecular weight is 242 g/mol. The summed E-state index contributed by atoms with van der Waals surface area (Å²) in [4.78, 5) is 24.8. The van der Waals surface area contributed by atoms with Crippen molar-refractivity contribution < 1.29 is 19.4 Å². The van der Waals surface area contributed by atoms with Crippen LogP contribution in [0.4, 0.5) is 0 Å². The molecule has 1 saturated carbocycles. The van der Waals surface area contributed by atoms with Crippen LogP contribution in [0, 0.1) is 5.41 Å². The highest BCUT2D eigenvalue weighted by atomic mass is 16.5. The van der Waals surface area contributed by atoms with Crippen molar-refractivity contribution >= 4 is 11.9 Å². The molecule has 0 spiro atoms. The van der Waals surface area contributed by atoms with Crippen molar-refractivity contribution in [3.05, 3.63) is 0 Å². The minimum absolute atomic E-state index is 0.335. The molecular formula is C11H18N2O4. The lowest BCUT2D eigenvalue weighted by molar-refractivity contribution is -0.149. The van der Waals surface area contributed by atoms with Crippen molar-refractivity contribution in [1.82, 2.24) is 10.2 Å². The topological polar surface area (TPSA) is 78.9 Å². The van der Waals surface area contributed by atoms with Gasteiger partial charge in [0.05, 0.1) is 13.2 Å². The first-order chi connectivity index (χ1) is 8.15. The minimum atomic E-state index is -1.12. The number of hydrogen-bond acceptors (Lipinski definition) is 4. The van der Waals surface area contributed by atoms with E-state index in [1.54, 1.807) is 0 Å². The standard InChI is InChI=1S/C11H18N2O4/c14-9(11(1-2-11)10(15)16)12-3-4-13-5-7-17-8-6-13/h1-8H2,(H,12,14)(H,15,16). The van der Waals surface area contributed by atoms with E-state index >= 15 is 0 Å². The minimum Gasteiger partial charge on any atom is -0.480 e. The lowest BCUT2D eigenvalue weighted by atomic mass is 10.1. The van der Waals surface area contributed by atoms with Crippen molar-refractivity contribution in [2.75, 3.05) is 39.4 Å². The summed E-state index contributed by atoms with van der Waals surface area (Å²) >= 11 is 0. The smallest absolute Gasteiger partial charge is 0.319 e. The number of aliphatic carboxylic acids is 1. The maximum absolute atomic E-state index is 11.7. The lowest BCUT2D eigenvalue weighted by Crippen LogP contribution is -2.44. The van der Waals surface area contributed by atoms with E-state index in [-0.39, 0.29) is 5.91 Å². The Balaban J connectivity index is 1.68. The van der Waals surface area contributed by atoms with Gasteiger partial charge in [0.15, 0.2) is 0 Å². The summed E-state index contributed by atoms with van der Waals surface area (Å²) in [6, 6.07) is 0. The maximum atomic E-state index is 11.7. The number of carboxylic acid groups (broad SMARTS) is 1. The molecule has 0 radical (unpaired) electrons. The fourth-order valence-corrected chi connectivity index (χ4v) is 1.98. The lowest BCUT2D eigenvalue weighted by Gasteiger charge is -2.26. The maximum Gasteiger partial charge on any atom is 0.319 e. The predicted octanol–water partition coefficient (Wildman–Crippen LogP) is -0.700. The number of carbonyl (C=O) groups is 2. The molecule has 0 atom stereocenters. The molecule has 1 heterocycles. The molecule has 0 unspecified atom stereocenters. The molecule has 0 aromatic rings. The Morgan fingerprint density at radius 3 is 2.47 bits per heavy atom. The van der Waals surface area contributed by atoms with Crippen LogP contribution in [0.15, 0.2) is 0 Å². The van der Waals surface area contributed by atoms with Crippen LogP contribution in [0.3, 0.4) is 0 Å². The number of ether oxygens (including phenoxy) is 1. The SMILES string of the molecule is O=C(O)C1(C(=O)NCCN2CCOCC2)CC1. The predicted molar refractivity (Wildman–Crippen MR) is 59.6 cm³/mol. The quantitative estimate of drug-likeness (QED) is 0.623. The Hall–Kier alpha value is -1.14. The highest BCUT2D eigenvalue weighted by Gasteiger charge is 2.56. The van der Waals surface area contributed by atoms with Gasteiger partial charge in [-0.05, 0) is 12.8 Å². The second kappa shape index (κ2) is 5.01. The molecule has 6 nitrogen and oxygen atoms in total. The monoisotopic (exact) mass is 242 g/mol. The summed E-state index contributed by atoms with van der Waals surface area (Å²) in [5.41, 5.74) is -1.12. The fourth-order valence-electron chi connectivity index (χ4n) is 1.98. The largest absolute Gasteiger partial charge is 0.480 e. The van der Waals surface area contributed by atoms with Gasteiger partial charge in [0.1, 0.15) is 5.41 Å². The van der Waals surface area contributed by atoms with E-state index in [1.165, 1.54) is 0 Å². The Morgan fingerprint density at radius 2 is 1.94 bits per heavy atom. The number of carboxylic acids is 1. The highest BCUT2D eigenvalue weighted by molar-refractivity contribution is 6.04. The van der Waals surface area contributed by atoms with Gasteiger partial charge < -0.3 is 15.2 Å². The molecule has 1 aliphatic heterocycles. The van der Waals surface area contributed by atoms with Gasteiger partial charge in [-0.25, -0.2) is 0 Å². The number of carbonyl (C=O) groups excluding carboxylic acids is 1. The van der Waals surface area contributed by atoms with Crippen molar-refractivity contribution in [2.24, 2.45) is 5.41 Å². The van der Waals surface area contributed by atoms with E-state index in [2.05, 4.69) is 10.2 Å². The third-order valence-corrected chi connectivity index (χ3v) is 3.41. The molecular weight excluding hydrogens is 224 g/mol. The van der Waals surface area contributed by atoms with E-state index < -0.39 is 11.4 Å². The first-order valence-corrected chi connectivity index (χ1v) is 5.97. The van der Waals surface area contributed by atoms with Crippen LogP contribution in [-0.4, -0.2) is 61.3 Å². The molecule has 2 fully saturated rings. The van der Waals surface area contributed by atoms with Crippen LogP contribution in [0.1, 0.15) is 12.8 Å². The molecule has 2 rings (SSSR count). The highest BCUT2D eigenvalue weighted by Crippen LogP contribution is 2.45. The van der Waals surface area contributed by atoms with Gasteiger partial charge in [-0.1, -0.05) is 0 Å². The van der Waals surface area contributed by atoms with Crippen LogP contribution in [0.25, 0.3) is 0 Å². The molecule has 6 heteroatoms. The number of nitrogens with zero attached hydrogens (tertiary/aromatic N) is 1. The Bertz CT molecular complexity index is 309. The second-order valence-electron chi connectivity index (χ2n) is 4.60. The molecule has 17 heavy (non-hydrogen) atoms. The third kappa shape index (κ3) is 2.76. The normalized spacial score (nSPS) is 23.1. The number of amides is 1.